The van der Waals surface area contributed by atoms with Crippen LogP contribution in [0.1, 0.15) is 27.2 Å². The van der Waals surface area contributed by atoms with Gasteiger partial charge in [0.15, 0.2) is 5.75 Å². The Labute approximate surface area is 127 Å². The van der Waals surface area contributed by atoms with Crippen molar-refractivity contribution in [3.8, 4) is 5.75 Å². The monoisotopic (exact) mass is 342 g/mol. The van der Waals surface area contributed by atoms with Crippen molar-refractivity contribution in [1.82, 2.24) is 9.88 Å². The lowest BCUT2D eigenvalue weighted by atomic mass is 9.80. The van der Waals surface area contributed by atoms with Crippen molar-refractivity contribution < 1.29 is 14.6 Å². The van der Waals surface area contributed by atoms with Crippen LogP contribution in [0, 0.1) is 5.41 Å². The third-order valence-electron chi connectivity index (χ3n) is 3.50. The Bertz CT molecular complexity index is 501. The third-order valence-corrected chi connectivity index (χ3v) is 4.16. The van der Waals surface area contributed by atoms with Gasteiger partial charge in [0.1, 0.15) is 6.10 Å². The fraction of sp³-hybridized carbons (Fsp3) is 0.571. The van der Waals surface area contributed by atoms with Gasteiger partial charge in [-0.2, -0.15) is 0 Å². The number of aromatic nitrogens is 1. The Hall–Kier alpha value is -1.30. The molecule has 0 radical (unpaired) electrons. The van der Waals surface area contributed by atoms with Crippen molar-refractivity contribution in [3.63, 3.8) is 0 Å². The second-order valence-electron chi connectivity index (χ2n) is 6.04. The SMILES string of the molecule is CC(C)(C)C(Oc1cnccc1Br)[C@H]1CCN1C(=O)O. The van der Waals surface area contributed by atoms with Crippen LogP contribution in [0.15, 0.2) is 22.9 Å². The maximum atomic E-state index is 11.2. The summed E-state index contributed by atoms with van der Waals surface area (Å²) in [5.74, 6) is 0.643. The molecule has 1 aliphatic rings. The summed E-state index contributed by atoms with van der Waals surface area (Å²) in [6.07, 6.45) is 3.05. The normalized spacial score (nSPS) is 20.2. The summed E-state index contributed by atoms with van der Waals surface area (Å²) in [6, 6.07) is 1.70. The van der Waals surface area contributed by atoms with E-state index in [4.69, 9.17) is 4.74 Å². The van der Waals surface area contributed by atoms with Gasteiger partial charge in [0.2, 0.25) is 0 Å². The first-order valence-electron chi connectivity index (χ1n) is 6.56. The van der Waals surface area contributed by atoms with E-state index in [1.165, 1.54) is 4.90 Å². The van der Waals surface area contributed by atoms with E-state index in [0.29, 0.717) is 12.3 Å². The average molecular weight is 343 g/mol. The van der Waals surface area contributed by atoms with Gasteiger partial charge in [-0.25, -0.2) is 4.79 Å². The standard InChI is InChI=1S/C14H19BrN2O3/c1-14(2,3)12(10-5-7-17(10)13(18)19)20-11-8-16-6-4-9(11)15/h4,6,8,10,12H,5,7H2,1-3H3,(H,18,19)/t10-,12?/m1/s1. The minimum Gasteiger partial charge on any atom is -0.485 e. The second kappa shape index (κ2) is 5.60. The van der Waals surface area contributed by atoms with Gasteiger partial charge >= 0.3 is 6.09 Å². The molecule has 2 rings (SSSR count). The molecule has 1 aromatic rings. The number of amides is 1. The van der Waals surface area contributed by atoms with Crippen LogP contribution in [-0.2, 0) is 0 Å². The number of hydrogen-bond acceptors (Lipinski definition) is 3. The number of carbonyl (C=O) groups is 1. The summed E-state index contributed by atoms with van der Waals surface area (Å²) >= 11 is 3.43. The minimum absolute atomic E-state index is 0.111. The van der Waals surface area contributed by atoms with E-state index in [1.54, 1.807) is 12.4 Å². The number of carboxylic acid groups (broad SMARTS) is 1. The first kappa shape index (κ1) is 15.1. The van der Waals surface area contributed by atoms with E-state index in [2.05, 4.69) is 41.7 Å². The summed E-state index contributed by atoms with van der Waals surface area (Å²) in [7, 11) is 0. The molecule has 2 atom stereocenters. The Morgan fingerprint density at radius 1 is 1.60 bits per heavy atom. The van der Waals surface area contributed by atoms with Crippen LogP contribution in [0.2, 0.25) is 0 Å². The predicted molar refractivity (Wildman–Crippen MR) is 78.9 cm³/mol. The highest BCUT2D eigenvalue weighted by Gasteiger charge is 2.44. The minimum atomic E-state index is -0.885. The number of pyridine rings is 1. The fourth-order valence-corrected chi connectivity index (χ4v) is 2.69. The lowest BCUT2D eigenvalue weighted by Gasteiger charge is -2.47. The molecule has 0 spiro atoms. The van der Waals surface area contributed by atoms with E-state index in [0.717, 1.165) is 10.9 Å². The number of likely N-dealkylation sites (tertiary alicyclic amines) is 1. The van der Waals surface area contributed by atoms with Crippen molar-refractivity contribution in [2.24, 2.45) is 5.41 Å². The molecule has 0 aliphatic carbocycles. The molecule has 0 saturated carbocycles. The molecule has 1 amide bonds. The van der Waals surface area contributed by atoms with Crippen LogP contribution >= 0.6 is 15.9 Å². The zero-order valence-electron chi connectivity index (χ0n) is 11.8. The van der Waals surface area contributed by atoms with Crippen LogP contribution in [0.4, 0.5) is 4.79 Å². The van der Waals surface area contributed by atoms with Gasteiger partial charge in [-0.05, 0) is 28.4 Å². The number of nitrogens with zero attached hydrogens (tertiary/aromatic N) is 2. The van der Waals surface area contributed by atoms with Gasteiger partial charge in [0.05, 0.1) is 16.7 Å². The van der Waals surface area contributed by atoms with Gasteiger partial charge in [-0.15, -0.1) is 0 Å². The summed E-state index contributed by atoms with van der Waals surface area (Å²) in [6.45, 7) is 6.74. The first-order valence-corrected chi connectivity index (χ1v) is 7.35. The summed E-state index contributed by atoms with van der Waals surface area (Å²) < 4.78 is 6.90. The van der Waals surface area contributed by atoms with Crippen LogP contribution in [0.25, 0.3) is 0 Å². The highest BCUT2D eigenvalue weighted by Crippen LogP contribution is 2.36. The summed E-state index contributed by atoms with van der Waals surface area (Å²) in [5, 5.41) is 9.19. The van der Waals surface area contributed by atoms with E-state index < -0.39 is 6.09 Å². The third kappa shape index (κ3) is 3.06. The van der Waals surface area contributed by atoms with Crippen molar-refractivity contribution in [1.29, 1.82) is 0 Å². The number of hydrogen-bond donors (Lipinski definition) is 1. The van der Waals surface area contributed by atoms with Crippen LogP contribution < -0.4 is 4.74 Å². The smallest absolute Gasteiger partial charge is 0.407 e. The summed E-state index contributed by atoms with van der Waals surface area (Å²) in [4.78, 5) is 16.7. The van der Waals surface area contributed by atoms with Gasteiger partial charge in [0, 0.05) is 18.2 Å². The molecule has 5 nitrogen and oxygen atoms in total. The maximum Gasteiger partial charge on any atom is 0.407 e. The van der Waals surface area contributed by atoms with Crippen LogP contribution in [0.3, 0.4) is 0 Å². The largest absolute Gasteiger partial charge is 0.485 e. The Kier molecular flexibility index (Phi) is 4.22. The highest BCUT2D eigenvalue weighted by molar-refractivity contribution is 9.10. The quantitative estimate of drug-likeness (QED) is 0.914. The van der Waals surface area contributed by atoms with E-state index in [9.17, 15) is 9.90 Å². The first-order chi connectivity index (χ1) is 9.30. The topological polar surface area (TPSA) is 62.7 Å². The van der Waals surface area contributed by atoms with Crippen molar-refractivity contribution in [2.75, 3.05) is 6.54 Å². The molecule has 1 aliphatic heterocycles. The highest BCUT2D eigenvalue weighted by atomic mass is 79.9. The van der Waals surface area contributed by atoms with Gasteiger partial charge < -0.3 is 14.7 Å². The molecule has 0 bridgehead atoms. The Morgan fingerprint density at radius 2 is 2.30 bits per heavy atom. The van der Waals surface area contributed by atoms with Gasteiger partial charge in [-0.3, -0.25) is 4.98 Å². The maximum absolute atomic E-state index is 11.2. The number of rotatable bonds is 3. The molecule has 110 valence electrons. The molecule has 1 fully saturated rings. The molecule has 1 saturated heterocycles. The van der Waals surface area contributed by atoms with Crippen LogP contribution in [-0.4, -0.2) is 39.8 Å². The Balaban J connectivity index is 2.22. The lowest BCUT2D eigenvalue weighted by Crippen LogP contribution is -2.61. The Morgan fingerprint density at radius 3 is 2.75 bits per heavy atom. The number of halogens is 1. The van der Waals surface area contributed by atoms with Crippen molar-refractivity contribution in [3.05, 3.63) is 22.9 Å². The van der Waals surface area contributed by atoms with Gasteiger partial charge in [-0.1, -0.05) is 20.8 Å². The molecular weight excluding hydrogens is 324 g/mol. The van der Waals surface area contributed by atoms with E-state index in [1.807, 2.05) is 6.07 Å². The second-order valence-corrected chi connectivity index (χ2v) is 6.90. The lowest BCUT2D eigenvalue weighted by molar-refractivity contribution is -0.0394. The molecule has 6 heteroatoms. The average Bonchev–Trinajstić information content (AvgIpc) is 2.27. The molecule has 1 N–H and O–H groups in total. The zero-order chi connectivity index (χ0) is 14.9. The van der Waals surface area contributed by atoms with Crippen molar-refractivity contribution in [2.45, 2.75) is 39.3 Å². The molecular formula is C14H19BrN2O3. The molecule has 20 heavy (non-hydrogen) atoms. The zero-order valence-corrected chi connectivity index (χ0v) is 13.4. The summed E-state index contributed by atoms with van der Waals surface area (Å²) in [5.41, 5.74) is -0.173. The number of ether oxygens (including phenoxy) is 1. The fourth-order valence-electron chi connectivity index (χ4n) is 2.38. The predicted octanol–water partition coefficient (Wildman–Crippen LogP) is 3.39. The van der Waals surface area contributed by atoms with Gasteiger partial charge in [0.25, 0.3) is 0 Å². The van der Waals surface area contributed by atoms with Crippen molar-refractivity contribution >= 4 is 22.0 Å². The van der Waals surface area contributed by atoms with E-state index in [-0.39, 0.29) is 17.6 Å². The molecule has 2 heterocycles. The van der Waals surface area contributed by atoms with Crippen LogP contribution in [0.5, 0.6) is 5.75 Å². The molecule has 0 aromatic carbocycles. The van der Waals surface area contributed by atoms with E-state index >= 15 is 0 Å². The molecule has 1 unspecified atom stereocenters. The molecule has 1 aromatic heterocycles.